The number of anilines is 2. The number of nitrogens with zero attached hydrogens (tertiary/aromatic N) is 4. The highest BCUT2D eigenvalue weighted by Crippen LogP contribution is 2.34. The lowest BCUT2D eigenvalue weighted by atomic mass is 10.0. The predicted octanol–water partition coefficient (Wildman–Crippen LogP) is 3.11. The molecule has 6 nitrogen and oxygen atoms in total. The Hall–Kier alpha value is -3.12. The van der Waals surface area contributed by atoms with Gasteiger partial charge < -0.3 is 15.5 Å². The summed E-state index contributed by atoms with van der Waals surface area (Å²) < 4.78 is 0. The third kappa shape index (κ3) is 2.69. The number of nitrogen functional groups attached to an aromatic ring is 1. The van der Waals surface area contributed by atoms with Crippen LogP contribution in [0.1, 0.15) is 0 Å². The van der Waals surface area contributed by atoms with Gasteiger partial charge in [0.2, 0.25) is 0 Å². The standard InChI is InChI=1S/C21H22N6/c1-26-10-12-27(13-11-26)15-8-6-14(7-9-15)19-18-16-4-2-3-5-17(16)23-21(22)20(18)25-24-19/h2-9H,10-13H2,1H3,(H2,22,23)(H,24,25). The molecule has 1 fully saturated rings. The number of rotatable bonds is 2. The SMILES string of the molecule is CN1CCN(c2ccc(-c3n[nH]c4c(N)nc5ccccc5c34)cc2)CC1. The maximum atomic E-state index is 6.15. The van der Waals surface area contributed by atoms with E-state index in [9.17, 15) is 0 Å². The number of piperazine rings is 1. The molecule has 5 rings (SSSR count). The van der Waals surface area contributed by atoms with Crippen LogP contribution in [0.2, 0.25) is 0 Å². The first-order valence-corrected chi connectivity index (χ1v) is 9.27. The molecule has 2 aromatic heterocycles. The van der Waals surface area contributed by atoms with Crippen molar-refractivity contribution in [3.63, 3.8) is 0 Å². The van der Waals surface area contributed by atoms with Gasteiger partial charge >= 0.3 is 0 Å². The van der Waals surface area contributed by atoms with Crippen molar-refractivity contribution in [3.05, 3.63) is 48.5 Å². The minimum absolute atomic E-state index is 0.483. The Morgan fingerprint density at radius 1 is 0.963 bits per heavy atom. The summed E-state index contributed by atoms with van der Waals surface area (Å²) >= 11 is 0. The lowest BCUT2D eigenvalue weighted by Gasteiger charge is -2.34. The summed E-state index contributed by atoms with van der Waals surface area (Å²) in [6, 6.07) is 16.7. The van der Waals surface area contributed by atoms with Crippen molar-refractivity contribution in [3.8, 4) is 11.3 Å². The fourth-order valence-electron chi connectivity index (χ4n) is 3.86. The molecule has 0 radical (unpaired) electrons. The molecule has 4 aromatic rings. The van der Waals surface area contributed by atoms with Gasteiger partial charge in [0.25, 0.3) is 0 Å². The fourth-order valence-corrected chi connectivity index (χ4v) is 3.86. The van der Waals surface area contributed by atoms with Crippen LogP contribution in [0.5, 0.6) is 0 Å². The normalized spacial score (nSPS) is 15.7. The van der Waals surface area contributed by atoms with Gasteiger partial charge in [0.15, 0.2) is 0 Å². The van der Waals surface area contributed by atoms with Crippen molar-refractivity contribution in [1.82, 2.24) is 20.1 Å². The average Bonchev–Trinajstić information content (AvgIpc) is 3.15. The van der Waals surface area contributed by atoms with Crippen LogP contribution in [0.25, 0.3) is 33.1 Å². The number of nitrogens with two attached hydrogens (primary N) is 1. The van der Waals surface area contributed by atoms with Crippen molar-refractivity contribution < 1.29 is 0 Å². The summed E-state index contributed by atoms with van der Waals surface area (Å²) in [5.74, 6) is 0.483. The van der Waals surface area contributed by atoms with E-state index in [-0.39, 0.29) is 0 Å². The van der Waals surface area contributed by atoms with Crippen molar-refractivity contribution in [2.45, 2.75) is 0 Å². The summed E-state index contributed by atoms with van der Waals surface area (Å²) in [6.45, 7) is 4.33. The van der Waals surface area contributed by atoms with Crippen LogP contribution in [0.15, 0.2) is 48.5 Å². The van der Waals surface area contributed by atoms with Gasteiger partial charge in [-0.3, -0.25) is 5.10 Å². The van der Waals surface area contributed by atoms with Gasteiger partial charge in [-0.25, -0.2) is 4.98 Å². The number of hydrogen-bond acceptors (Lipinski definition) is 5. The molecular formula is C21H22N6. The van der Waals surface area contributed by atoms with Crippen molar-refractivity contribution >= 4 is 33.3 Å². The Balaban J connectivity index is 1.58. The molecule has 1 aliphatic rings. The number of aromatic amines is 1. The predicted molar refractivity (Wildman–Crippen MR) is 111 cm³/mol. The van der Waals surface area contributed by atoms with E-state index in [0.29, 0.717) is 5.82 Å². The Bertz CT molecular complexity index is 1110. The van der Waals surface area contributed by atoms with E-state index in [4.69, 9.17) is 5.73 Å². The third-order valence-corrected chi connectivity index (χ3v) is 5.45. The van der Waals surface area contributed by atoms with E-state index in [2.05, 4.69) is 62.4 Å². The number of H-pyrrole nitrogens is 1. The van der Waals surface area contributed by atoms with Crippen LogP contribution in [-0.4, -0.2) is 53.3 Å². The summed E-state index contributed by atoms with van der Waals surface area (Å²) in [7, 11) is 2.17. The molecule has 0 atom stereocenters. The zero-order valence-corrected chi connectivity index (χ0v) is 15.3. The molecule has 0 amide bonds. The molecule has 0 saturated carbocycles. The second kappa shape index (κ2) is 6.25. The number of likely N-dealkylation sites (N-methyl/N-ethyl adjacent to an activating group) is 1. The summed E-state index contributed by atoms with van der Waals surface area (Å²) in [4.78, 5) is 9.29. The van der Waals surface area contributed by atoms with Crippen LogP contribution in [0.3, 0.4) is 0 Å². The molecule has 3 heterocycles. The molecule has 136 valence electrons. The number of hydrogen-bond donors (Lipinski definition) is 2. The molecule has 0 aliphatic carbocycles. The highest BCUT2D eigenvalue weighted by atomic mass is 15.2. The van der Waals surface area contributed by atoms with E-state index in [1.54, 1.807) is 0 Å². The molecule has 1 aliphatic heterocycles. The monoisotopic (exact) mass is 358 g/mol. The Morgan fingerprint density at radius 3 is 2.48 bits per heavy atom. The lowest BCUT2D eigenvalue weighted by molar-refractivity contribution is 0.313. The first-order valence-electron chi connectivity index (χ1n) is 9.27. The topological polar surface area (TPSA) is 74.1 Å². The molecule has 3 N–H and O–H groups in total. The van der Waals surface area contributed by atoms with Gasteiger partial charge in [-0.1, -0.05) is 30.3 Å². The van der Waals surface area contributed by atoms with Gasteiger partial charge in [0, 0.05) is 48.2 Å². The van der Waals surface area contributed by atoms with Crippen molar-refractivity contribution in [1.29, 1.82) is 0 Å². The number of benzene rings is 2. The van der Waals surface area contributed by atoms with E-state index < -0.39 is 0 Å². The molecule has 0 spiro atoms. The third-order valence-electron chi connectivity index (χ3n) is 5.45. The summed E-state index contributed by atoms with van der Waals surface area (Å²) in [6.07, 6.45) is 0. The van der Waals surface area contributed by atoms with Crippen LogP contribution in [-0.2, 0) is 0 Å². The fraction of sp³-hybridized carbons (Fsp3) is 0.238. The molecule has 27 heavy (non-hydrogen) atoms. The molecule has 1 saturated heterocycles. The number of nitrogens with one attached hydrogen (secondary N) is 1. The second-order valence-corrected chi connectivity index (χ2v) is 7.17. The minimum Gasteiger partial charge on any atom is -0.382 e. The number of para-hydroxylation sites is 1. The molecule has 6 heteroatoms. The van der Waals surface area contributed by atoms with Crippen LogP contribution >= 0.6 is 0 Å². The maximum Gasteiger partial charge on any atom is 0.150 e. The number of fused-ring (bicyclic) bond motifs is 3. The second-order valence-electron chi connectivity index (χ2n) is 7.17. The molecule has 2 aromatic carbocycles. The van der Waals surface area contributed by atoms with Crippen LogP contribution in [0, 0.1) is 0 Å². The number of aromatic nitrogens is 3. The van der Waals surface area contributed by atoms with Gasteiger partial charge in [-0.15, -0.1) is 0 Å². The minimum atomic E-state index is 0.483. The molecular weight excluding hydrogens is 336 g/mol. The van der Waals surface area contributed by atoms with Crippen molar-refractivity contribution in [2.24, 2.45) is 0 Å². The Morgan fingerprint density at radius 2 is 1.70 bits per heavy atom. The van der Waals surface area contributed by atoms with E-state index in [1.165, 1.54) is 5.69 Å². The maximum absolute atomic E-state index is 6.15. The zero-order valence-electron chi connectivity index (χ0n) is 15.3. The Labute approximate surface area is 157 Å². The van der Waals surface area contributed by atoms with Crippen LogP contribution in [0.4, 0.5) is 11.5 Å². The summed E-state index contributed by atoms with van der Waals surface area (Å²) in [5, 5.41) is 9.74. The zero-order chi connectivity index (χ0) is 18.4. The largest absolute Gasteiger partial charge is 0.382 e. The average molecular weight is 358 g/mol. The first kappa shape index (κ1) is 16.1. The highest BCUT2D eigenvalue weighted by Gasteiger charge is 2.17. The number of pyridine rings is 1. The first-order chi connectivity index (χ1) is 13.2. The summed E-state index contributed by atoms with van der Waals surface area (Å²) in [5.41, 5.74) is 11.1. The van der Waals surface area contributed by atoms with E-state index in [0.717, 1.165) is 59.2 Å². The van der Waals surface area contributed by atoms with Gasteiger partial charge in [-0.05, 0) is 25.2 Å². The molecule has 0 bridgehead atoms. The van der Waals surface area contributed by atoms with Gasteiger partial charge in [-0.2, -0.15) is 5.10 Å². The smallest absolute Gasteiger partial charge is 0.150 e. The molecule has 0 unspecified atom stereocenters. The van der Waals surface area contributed by atoms with Crippen molar-refractivity contribution in [2.75, 3.05) is 43.9 Å². The van der Waals surface area contributed by atoms with Gasteiger partial charge in [0.1, 0.15) is 17.0 Å². The van der Waals surface area contributed by atoms with E-state index >= 15 is 0 Å². The highest BCUT2D eigenvalue weighted by molar-refractivity contribution is 6.14. The van der Waals surface area contributed by atoms with Gasteiger partial charge in [0.05, 0.1) is 5.52 Å². The lowest BCUT2D eigenvalue weighted by Crippen LogP contribution is -2.44. The Kier molecular flexibility index (Phi) is 3.72. The van der Waals surface area contributed by atoms with Crippen LogP contribution < -0.4 is 10.6 Å². The quantitative estimate of drug-likeness (QED) is 0.576. The van der Waals surface area contributed by atoms with E-state index in [1.807, 2.05) is 18.2 Å².